The number of halogens is 2. The summed E-state index contributed by atoms with van der Waals surface area (Å²) in [5, 5.41) is 3.97. The number of aromatic nitrogens is 2. The summed E-state index contributed by atoms with van der Waals surface area (Å²) in [4.78, 5) is 0. The van der Waals surface area contributed by atoms with Crippen molar-refractivity contribution in [2.24, 2.45) is 7.05 Å². The number of hydrogen-bond donors (Lipinski definition) is 1. The minimum Gasteiger partial charge on any atom is -0.383 e. The highest BCUT2D eigenvalue weighted by atomic mass is 19.3. The van der Waals surface area contributed by atoms with E-state index < -0.39 is 6.43 Å². The smallest absolute Gasteiger partial charge is 0.264 e. The standard InChI is InChI=1S/C12H13F2N3/c1-7-3-4-8(11(13)14)9(5-7)10-6-16-17(2)12(10)15/h3-6,11H,15H2,1-2H3. The lowest BCUT2D eigenvalue weighted by Gasteiger charge is -2.09. The Kier molecular flexibility index (Phi) is 2.83. The fourth-order valence-corrected chi connectivity index (χ4v) is 1.75. The van der Waals surface area contributed by atoms with Crippen LogP contribution in [0.15, 0.2) is 24.4 Å². The van der Waals surface area contributed by atoms with Crippen LogP contribution in [0.2, 0.25) is 0 Å². The van der Waals surface area contributed by atoms with Gasteiger partial charge in [-0.15, -0.1) is 0 Å². The monoisotopic (exact) mass is 237 g/mol. The predicted octanol–water partition coefficient (Wildman–Crippen LogP) is 2.92. The van der Waals surface area contributed by atoms with Gasteiger partial charge in [-0.2, -0.15) is 5.10 Å². The first-order valence-corrected chi connectivity index (χ1v) is 5.17. The zero-order valence-electron chi connectivity index (χ0n) is 9.61. The van der Waals surface area contributed by atoms with Gasteiger partial charge < -0.3 is 5.73 Å². The first kappa shape index (κ1) is 11.6. The zero-order valence-corrected chi connectivity index (χ0v) is 9.61. The molecule has 3 nitrogen and oxygen atoms in total. The van der Waals surface area contributed by atoms with Crippen molar-refractivity contribution in [2.45, 2.75) is 13.3 Å². The molecule has 1 aromatic heterocycles. The summed E-state index contributed by atoms with van der Waals surface area (Å²) >= 11 is 0. The fraction of sp³-hybridized carbons (Fsp3) is 0.250. The molecule has 17 heavy (non-hydrogen) atoms. The Morgan fingerprint density at radius 3 is 2.53 bits per heavy atom. The van der Waals surface area contributed by atoms with E-state index >= 15 is 0 Å². The molecule has 0 aliphatic rings. The third-order valence-corrected chi connectivity index (χ3v) is 2.72. The van der Waals surface area contributed by atoms with Gasteiger partial charge in [0.1, 0.15) is 5.82 Å². The van der Waals surface area contributed by atoms with E-state index in [4.69, 9.17) is 5.73 Å². The van der Waals surface area contributed by atoms with E-state index in [1.165, 1.54) is 16.9 Å². The van der Waals surface area contributed by atoms with E-state index in [1.54, 1.807) is 19.2 Å². The van der Waals surface area contributed by atoms with E-state index in [1.807, 2.05) is 6.92 Å². The average Bonchev–Trinajstić information content (AvgIpc) is 2.59. The molecule has 90 valence electrons. The number of aryl methyl sites for hydroxylation is 2. The quantitative estimate of drug-likeness (QED) is 0.872. The number of anilines is 1. The maximum Gasteiger partial charge on any atom is 0.264 e. The van der Waals surface area contributed by atoms with Crippen LogP contribution in [-0.2, 0) is 7.05 Å². The number of hydrogen-bond acceptors (Lipinski definition) is 2. The highest BCUT2D eigenvalue weighted by molar-refractivity contribution is 5.76. The molecule has 0 atom stereocenters. The zero-order chi connectivity index (χ0) is 12.6. The van der Waals surface area contributed by atoms with Crippen LogP contribution in [0.25, 0.3) is 11.1 Å². The van der Waals surface area contributed by atoms with Crippen LogP contribution >= 0.6 is 0 Å². The second-order valence-electron chi connectivity index (χ2n) is 3.96. The molecular formula is C12H13F2N3. The molecule has 2 aromatic rings. The molecular weight excluding hydrogens is 224 g/mol. The molecule has 0 aliphatic carbocycles. The second-order valence-corrected chi connectivity index (χ2v) is 3.96. The van der Waals surface area contributed by atoms with Crippen molar-refractivity contribution in [3.63, 3.8) is 0 Å². The SMILES string of the molecule is Cc1ccc(C(F)F)c(-c2cnn(C)c2N)c1. The number of nitrogen functional groups attached to an aromatic ring is 1. The molecule has 1 aromatic carbocycles. The highest BCUT2D eigenvalue weighted by Gasteiger charge is 2.17. The van der Waals surface area contributed by atoms with Crippen LogP contribution in [0.3, 0.4) is 0 Å². The summed E-state index contributed by atoms with van der Waals surface area (Å²) in [6.07, 6.45) is -1.01. The van der Waals surface area contributed by atoms with Crippen molar-refractivity contribution in [1.82, 2.24) is 9.78 Å². The molecule has 0 fully saturated rings. The van der Waals surface area contributed by atoms with E-state index in [-0.39, 0.29) is 5.56 Å². The minimum absolute atomic E-state index is 0.0182. The van der Waals surface area contributed by atoms with Crippen molar-refractivity contribution in [3.8, 4) is 11.1 Å². The number of nitrogens with zero attached hydrogens (tertiary/aromatic N) is 2. The lowest BCUT2D eigenvalue weighted by atomic mass is 9.99. The molecule has 0 bridgehead atoms. The van der Waals surface area contributed by atoms with Gasteiger partial charge in [0.15, 0.2) is 0 Å². The average molecular weight is 237 g/mol. The fourth-order valence-electron chi connectivity index (χ4n) is 1.75. The second kappa shape index (κ2) is 4.16. The van der Waals surface area contributed by atoms with E-state index in [9.17, 15) is 8.78 Å². The van der Waals surface area contributed by atoms with Crippen LogP contribution in [0.1, 0.15) is 17.6 Å². The van der Waals surface area contributed by atoms with Crippen molar-refractivity contribution in [3.05, 3.63) is 35.5 Å². The van der Waals surface area contributed by atoms with E-state index in [2.05, 4.69) is 5.10 Å². The van der Waals surface area contributed by atoms with Gasteiger partial charge >= 0.3 is 0 Å². The number of alkyl halides is 2. The lowest BCUT2D eigenvalue weighted by Crippen LogP contribution is -1.99. The molecule has 0 radical (unpaired) electrons. The maximum atomic E-state index is 12.9. The first-order valence-electron chi connectivity index (χ1n) is 5.17. The van der Waals surface area contributed by atoms with Gasteiger partial charge in [0.25, 0.3) is 6.43 Å². The molecule has 2 rings (SSSR count). The van der Waals surface area contributed by atoms with Crippen LogP contribution in [0.4, 0.5) is 14.6 Å². The molecule has 2 N–H and O–H groups in total. The van der Waals surface area contributed by atoms with Crippen molar-refractivity contribution in [2.75, 3.05) is 5.73 Å². The maximum absolute atomic E-state index is 12.9. The van der Waals surface area contributed by atoms with Crippen molar-refractivity contribution in [1.29, 1.82) is 0 Å². The largest absolute Gasteiger partial charge is 0.383 e. The first-order chi connectivity index (χ1) is 8.00. The van der Waals surface area contributed by atoms with Crippen LogP contribution < -0.4 is 5.73 Å². The summed E-state index contributed by atoms with van der Waals surface area (Å²) < 4.78 is 27.3. The van der Waals surface area contributed by atoms with Gasteiger partial charge in [-0.25, -0.2) is 8.78 Å². The van der Waals surface area contributed by atoms with Crippen molar-refractivity contribution >= 4 is 5.82 Å². The highest BCUT2D eigenvalue weighted by Crippen LogP contribution is 2.34. The lowest BCUT2D eigenvalue weighted by molar-refractivity contribution is 0.152. The van der Waals surface area contributed by atoms with Crippen LogP contribution in [-0.4, -0.2) is 9.78 Å². The third kappa shape index (κ3) is 2.00. The summed E-state index contributed by atoms with van der Waals surface area (Å²) in [6.45, 7) is 1.85. The molecule has 1 heterocycles. The molecule has 0 unspecified atom stereocenters. The van der Waals surface area contributed by atoms with Gasteiger partial charge in [-0.05, 0) is 12.5 Å². The van der Waals surface area contributed by atoms with Gasteiger partial charge in [0, 0.05) is 18.2 Å². The molecule has 0 saturated carbocycles. The Bertz CT molecular complexity index is 547. The number of nitrogens with two attached hydrogens (primary N) is 1. The van der Waals surface area contributed by atoms with Gasteiger partial charge in [-0.3, -0.25) is 4.68 Å². The Labute approximate surface area is 97.9 Å². The van der Waals surface area contributed by atoms with Crippen molar-refractivity contribution < 1.29 is 8.78 Å². The molecule has 0 amide bonds. The van der Waals surface area contributed by atoms with E-state index in [0.29, 0.717) is 16.9 Å². The summed E-state index contributed by atoms with van der Waals surface area (Å²) in [5.41, 5.74) is 7.70. The molecule has 0 saturated heterocycles. The molecule has 5 heteroatoms. The number of rotatable bonds is 2. The third-order valence-electron chi connectivity index (χ3n) is 2.72. The van der Waals surface area contributed by atoms with Crippen LogP contribution in [0.5, 0.6) is 0 Å². The summed E-state index contributed by atoms with van der Waals surface area (Å²) in [6, 6.07) is 4.80. The Balaban J connectivity index is 2.65. The summed E-state index contributed by atoms with van der Waals surface area (Å²) in [5.74, 6) is 0.387. The Morgan fingerprint density at radius 1 is 1.29 bits per heavy atom. The van der Waals surface area contributed by atoms with E-state index in [0.717, 1.165) is 5.56 Å². The normalized spacial score (nSPS) is 11.1. The summed E-state index contributed by atoms with van der Waals surface area (Å²) in [7, 11) is 1.68. The number of benzene rings is 1. The van der Waals surface area contributed by atoms with Gasteiger partial charge in [-0.1, -0.05) is 23.8 Å². The molecule has 0 spiro atoms. The molecule has 0 aliphatic heterocycles. The topological polar surface area (TPSA) is 43.8 Å². The Morgan fingerprint density at radius 2 is 2.00 bits per heavy atom. The van der Waals surface area contributed by atoms with Crippen LogP contribution in [0, 0.1) is 6.92 Å². The minimum atomic E-state index is -2.52. The Hall–Kier alpha value is -1.91. The van der Waals surface area contributed by atoms with Gasteiger partial charge in [0.2, 0.25) is 0 Å². The predicted molar refractivity (Wildman–Crippen MR) is 62.8 cm³/mol. The van der Waals surface area contributed by atoms with Gasteiger partial charge in [0.05, 0.1) is 6.20 Å².